The van der Waals surface area contributed by atoms with Gasteiger partial charge in [-0.2, -0.15) is 0 Å². The lowest BCUT2D eigenvalue weighted by molar-refractivity contribution is -0.130. The average molecular weight is 313 g/mol. The van der Waals surface area contributed by atoms with Gasteiger partial charge in [0.15, 0.2) is 5.78 Å². The predicted molar refractivity (Wildman–Crippen MR) is 83.1 cm³/mol. The van der Waals surface area contributed by atoms with Crippen LogP contribution >= 0.6 is 0 Å². The van der Waals surface area contributed by atoms with Gasteiger partial charge in [0.05, 0.1) is 6.04 Å². The standard InChI is InChI=1S/C15H27N3O4/c1-9(2)14(18-11(4)20)13(21)8-12(10(3)19)6-5-7-17-15(16)22/h9,12,14H,5-8H2,1-4H3,(H,18,20)(H3,16,17,22)/t12-,14+/m1/s1. The summed E-state index contributed by atoms with van der Waals surface area (Å²) in [6.45, 7) is 6.87. The molecule has 0 aliphatic heterocycles. The topological polar surface area (TPSA) is 118 Å². The van der Waals surface area contributed by atoms with E-state index in [0.717, 1.165) is 0 Å². The van der Waals surface area contributed by atoms with Crippen molar-refractivity contribution in [1.29, 1.82) is 0 Å². The Kier molecular flexibility index (Phi) is 9.05. The van der Waals surface area contributed by atoms with Gasteiger partial charge in [0, 0.05) is 25.8 Å². The number of carbonyl (C=O) groups excluding carboxylic acids is 4. The van der Waals surface area contributed by atoms with Crippen LogP contribution in [0.4, 0.5) is 4.79 Å². The van der Waals surface area contributed by atoms with E-state index in [4.69, 9.17) is 5.73 Å². The Morgan fingerprint density at radius 1 is 1.09 bits per heavy atom. The number of nitrogens with one attached hydrogen (secondary N) is 2. The van der Waals surface area contributed by atoms with E-state index < -0.39 is 18.0 Å². The van der Waals surface area contributed by atoms with E-state index in [2.05, 4.69) is 10.6 Å². The number of hydrogen-bond acceptors (Lipinski definition) is 4. The Balaban J connectivity index is 4.58. The van der Waals surface area contributed by atoms with Crippen LogP contribution in [0, 0.1) is 11.8 Å². The van der Waals surface area contributed by atoms with Crippen molar-refractivity contribution in [1.82, 2.24) is 10.6 Å². The Morgan fingerprint density at radius 3 is 2.09 bits per heavy atom. The summed E-state index contributed by atoms with van der Waals surface area (Å²) in [5, 5.41) is 5.08. The van der Waals surface area contributed by atoms with Crippen LogP contribution in [-0.2, 0) is 14.4 Å². The maximum Gasteiger partial charge on any atom is 0.312 e. The molecule has 3 amide bonds. The molecule has 0 aromatic rings. The molecule has 0 heterocycles. The van der Waals surface area contributed by atoms with Gasteiger partial charge in [0.2, 0.25) is 5.91 Å². The van der Waals surface area contributed by atoms with Gasteiger partial charge in [-0.1, -0.05) is 13.8 Å². The second-order valence-corrected chi connectivity index (χ2v) is 5.83. The second-order valence-electron chi connectivity index (χ2n) is 5.83. The summed E-state index contributed by atoms with van der Waals surface area (Å²) >= 11 is 0. The smallest absolute Gasteiger partial charge is 0.312 e. The third kappa shape index (κ3) is 8.39. The highest BCUT2D eigenvalue weighted by molar-refractivity contribution is 5.92. The first-order valence-electron chi connectivity index (χ1n) is 7.48. The van der Waals surface area contributed by atoms with Gasteiger partial charge in [-0.25, -0.2) is 4.79 Å². The second kappa shape index (κ2) is 9.92. The Labute approximate surface area is 131 Å². The van der Waals surface area contributed by atoms with Crippen LogP contribution in [0.2, 0.25) is 0 Å². The molecule has 0 fully saturated rings. The van der Waals surface area contributed by atoms with Crippen molar-refractivity contribution < 1.29 is 19.2 Å². The zero-order chi connectivity index (χ0) is 17.3. The first kappa shape index (κ1) is 20.1. The molecule has 126 valence electrons. The monoisotopic (exact) mass is 313 g/mol. The Bertz CT molecular complexity index is 421. The van der Waals surface area contributed by atoms with E-state index in [-0.39, 0.29) is 29.8 Å². The van der Waals surface area contributed by atoms with Crippen LogP contribution in [0.25, 0.3) is 0 Å². The molecule has 2 atom stereocenters. The summed E-state index contributed by atoms with van der Waals surface area (Å²) in [6.07, 6.45) is 1.15. The third-order valence-electron chi connectivity index (χ3n) is 3.42. The summed E-state index contributed by atoms with van der Waals surface area (Å²) in [4.78, 5) is 45.7. The number of primary amides is 1. The molecule has 0 rings (SSSR count). The van der Waals surface area contributed by atoms with Crippen molar-refractivity contribution >= 4 is 23.5 Å². The summed E-state index contributed by atoms with van der Waals surface area (Å²) < 4.78 is 0. The van der Waals surface area contributed by atoms with Crippen molar-refractivity contribution in [2.45, 2.75) is 53.0 Å². The SMILES string of the molecule is CC(=O)N[C@H](C(=O)C[C@@H](CCCNC(N)=O)C(C)=O)C(C)C. The lowest BCUT2D eigenvalue weighted by Gasteiger charge is -2.22. The first-order chi connectivity index (χ1) is 10.1. The molecule has 0 radical (unpaired) electrons. The van der Waals surface area contributed by atoms with Gasteiger partial charge in [-0.3, -0.25) is 14.4 Å². The van der Waals surface area contributed by atoms with E-state index in [0.29, 0.717) is 19.4 Å². The van der Waals surface area contributed by atoms with E-state index >= 15 is 0 Å². The average Bonchev–Trinajstić information content (AvgIpc) is 2.38. The summed E-state index contributed by atoms with van der Waals surface area (Å²) in [7, 11) is 0. The molecule has 22 heavy (non-hydrogen) atoms. The molecular formula is C15H27N3O4. The van der Waals surface area contributed by atoms with Crippen LogP contribution < -0.4 is 16.4 Å². The minimum absolute atomic E-state index is 0.0412. The lowest BCUT2D eigenvalue weighted by atomic mass is 9.88. The van der Waals surface area contributed by atoms with Crippen molar-refractivity contribution in [3.05, 3.63) is 0 Å². The maximum atomic E-state index is 12.3. The van der Waals surface area contributed by atoms with Gasteiger partial charge in [-0.05, 0) is 25.7 Å². The van der Waals surface area contributed by atoms with Crippen LogP contribution in [0.5, 0.6) is 0 Å². The molecule has 7 heteroatoms. The summed E-state index contributed by atoms with van der Waals surface area (Å²) in [6, 6.07) is -1.19. The number of hydrogen-bond donors (Lipinski definition) is 3. The molecule has 0 aliphatic rings. The molecule has 0 aromatic carbocycles. The minimum atomic E-state index is -0.610. The molecule has 0 saturated carbocycles. The largest absolute Gasteiger partial charge is 0.352 e. The fourth-order valence-electron chi connectivity index (χ4n) is 2.22. The minimum Gasteiger partial charge on any atom is -0.352 e. The number of amides is 3. The maximum absolute atomic E-state index is 12.3. The number of nitrogens with two attached hydrogens (primary N) is 1. The molecule has 7 nitrogen and oxygen atoms in total. The fourth-order valence-corrected chi connectivity index (χ4v) is 2.22. The van der Waals surface area contributed by atoms with Crippen molar-refractivity contribution in [2.75, 3.05) is 6.54 Å². The summed E-state index contributed by atoms with van der Waals surface area (Å²) in [5.74, 6) is -0.930. The molecule has 0 saturated heterocycles. The number of Topliss-reactive ketones (excluding diaryl/α,β-unsaturated/α-hetero) is 2. The van der Waals surface area contributed by atoms with Gasteiger partial charge < -0.3 is 16.4 Å². The zero-order valence-electron chi connectivity index (χ0n) is 13.8. The predicted octanol–water partition coefficient (Wildman–Crippen LogP) is 0.760. The quantitative estimate of drug-likeness (QED) is 0.516. The van der Waals surface area contributed by atoms with Crippen LogP contribution in [0.15, 0.2) is 0 Å². The number of ketones is 2. The van der Waals surface area contributed by atoms with E-state index in [1.165, 1.54) is 13.8 Å². The lowest BCUT2D eigenvalue weighted by Crippen LogP contribution is -2.44. The molecule has 0 aromatic heterocycles. The highest BCUT2D eigenvalue weighted by Crippen LogP contribution is 2.16. The highest BCUT2D eigenvalue weighted by atomic mass is 16.2. The van der Waals surface area contributed by atoms with E-state index in [1.54, 1.807) is 0 Å². The number of carbonyl (C=O) groups is 4. The molecule has 0 unspecified atom stereocenters. The Morgan fingerprint density at radius 2 is 1.68 bits per heavy atom. The highest BCUT2D eigenvalue weighted by Gasteiger charge is 2.27. The molecular weight excluding hydrogens is 286 g/mol. The van der Waals surface area contributed by atoms with Crippen LogP contribution in [0.3, 0.4) is 0 Å². The van der Waals surface area contributed by atoms with Gasteiger partial charge >= 0.3 is 6.03 Å². The van der Waals surface area contributed by atoms with E-state index in [9.17, 15) is 19.2 Å². The summed E-state index contributed by atoms with van der Waals surface area (Å²) in [5.41, 5.74) is 4.96. The molecule has 0 aliphatic carbocycles. The Hall–Kier alpha value is -1.92. The third-order valence-corrected chi connectivity index (χ3v) is 3.42. The molecule has 0 spiro atoms. The fraction of sp³-hybridized carbons (Fsp3) is 0.733. The van der Waals surface area contributed by atoms with Crippen LogP contribution in [0.1, 0.15) is 47.0 Å². The van der Waals surface area contributed by atoms with Gasteiger partial charge in [0.25, 0.3) is 0 Å². The van der Waals surface area contributed by atoms with Crippen molar-refractivity contribution in [2.24, 2.45) is 17.6 Å². The molecule has 4 N–H and O–H groups in total. The molecule has 0 bridgehead atoms. The first-order valence-corrected chi connectivity index (χ1v) is 7.48. The van der Waals surface area contributed by atoms with Crippen LogP contribution in [-0.4, -0.2) is 36.1 Å². The van der Waals surface area contributed by atoms with Crippen molar-refractivity contribution in [3.63, 3.8) is 0 Å². The van der Waals surface area contributed by atoms with Crippen molar-refractivity contribution in [3.8, 4) is 0 Å². The van der Waals surface area contributed by atoms with Gasteiger partial charge in [-0.15, -0.1) is 0 Å². The number of rotatable bonds is 10. The van der Waals surface area contributed by atoms with Gasteiger partial charge in [0.1, 0.15) is 5.78 Å². The number of urea groups is 1. The normalized spacial score (nSPS) is 13.3. The van der Waals surface area contributed by atoms with E-state index in [1.807, 2.05) is 13.8 Å². The zero-order valence-corrected chi connectivity index (χ0v) is 13.8.